The Labute approximate surface area is 174 Å². The Morgan fingerprint density at radius 1 is 1.37 bits per heavy atom. The smallest absolute Gasteiger partial charge is 0.274 e. The van der Waals surface area contributed by atoms with Crippen LogP contribution in [0, 0.1) is 29.5 Å². The minimum atomic E-state index is -0.802. The third kappa shape index (κ3) is 5.70. The molecule has 0 atom stereocenters. The fourth-order valence-electron chi connectivity index (χ4n) is 2.60. The lowest BCUT2D eigenvalue weighted by Crippen LogP contribution is -2.19. The van der Waals surface area contributed by atoms with Gasteiger partial charge in [-0.2, -0.15) is 10.4 Å². The highest BCUT2D eigenvalue weighted by Gasteiger charge is 2.14. The van der Waals surface area contributed by atoms with Gasteiger partial charge in [0.25, 0.3) is 5.91 Å². The number of allylic oxidation sites excluding steroid dienone is 1. The van der Waals surface area contributed by atoms with Gasteiger partial charge in [-0.25, -0.2) is 9.82 Å². The zero-order chi connectivity index (χ0) is 21.9. The van der Waals surface area contributed by atoms with Crippen LogP contribution in [0.25, 0.3) is 0 Å². The predicted octanol–water partition coefficient (Wildman–Crippen LogP) is 3.60. The largest absolute Gasteiger partial charge is 0.490 e. The second-order valence-electron chi connectivity index (χ2n) is 5.93. The summed E-state index contributed by atoms with van der Waals surface area (Å²) in [5.74, 6) is 1.89. The lowest BCUT2D eigenvalue weighted by Gasteiger charge is -2.15. The van der Waals surface area contributed by atoms with Crippen LogP contribution in [0.5, 0.6) is 11.5 Å². The molecule has 30 heavy (non-hydrogen) atoms. The van der Waals surface area contributed by atoms with Gasteiger partial charge < -0.3 is 9.47 Å². The highest BCUT2D eigenvalue weighted by Crippen LogP contribution is 2.33. The van der Waals surface area contributed by atoms with Gasteiger partial charge in [-0.1, -0.05) is 12.0 Å². The Hall–Kier alpha value is -4.10. The molecule has 0 aliphatic heterocycles. The summed E-state index contributed by atoms with van der Waals surface area (Å²) in [6.07, 6.45) is 8.90. The molecule has 0 fully saturated rings. The third-order valence-corrected chi connectivity index (χ3v) is 3.84. The molecule has 7 heteroatoms. The maximum Gasteiger partial charge on any atom is 0.274 e. The van der Waals surface area contributed by atoms with Crippen LogP contribution in [0.3, 0.4) is 0 Å². The molecule has 0 aliphatic carbocycles. The van der Waals surface area contributed by atoms with E-state index in [1.807, 2.05) is 6.92 Å². The van der Waals surface area contributed by atoms with Crippen molar-refractivity contribution < 1.29 is 18.7 Å². The first kappa shape index (κ1) is 22.2. The van der Waals surface area contributed by atoms with Crippen LogP contribution in [-0.2, 0) is 6.42 Å². The van der Waals surface area contributed by atoms with Crippen LogP contribution in [0.1, 0.15) is 34.0 Å². The Kier molecular flexibility index (Phi) is 8.16. The summed E-state index contributed by atoms with van der Waals surface area (Å²) in [6.45, 7) is 6.08. The lowest BCUT2D eigenvalue weighted by atomic mass is 10.1. The third-order valence-electron chi connectivity index (χ3n) is 3.84. The Morgan fingerprint density at radius 2 is 2.17 bits per heavy atom. The molecule has 6 nitrogen and oxygen atoms in total. The first-order chi connectivity index (χ1) is 14.5. The first-order valence-corrected chi connectivity index (χ1v) is 9.03. The number of hydrazone groups is 1. The molecule has 152 valence electrons. The fourth-order valence-corrected chi connectivity index (χ4v) is 2.60. The number of carbonyl (C=O) groups is 1. The molecular formula is C23H20FN3O3. The van der Waals surface area contributed by atoms with E-state index in [1.54, 1.807) is 24.3 Å². The van der Waals surface area contributed by atoms with Crippen molar-refractivity contribution in [3.05, 3.63) is 71.1 Å². The molecule has 0 spiro atoms. The number of nitriles is 1. The molecule has 0 aliphatic rings. The monoisotopic (exact) mass is 405 g/mol. The standard InChI is InChI=1S/C23H20FN3O3/c1-4-7-18-11-17(13-21(29-6-3)22(18)30-10-5-2)15-26-27-23(28)19-9-8-16(14-25)12-20(19)24/h2,4,8-9,11-13,15H,1,6-7,10H2,3H3,(H,27,28)/b26-15-. The molecule has 2 aromatic rings. The van der Waals surface area contributed by atoms with E-state index >= 15 is 0 Å². The minimum Gasteiger partial charge on any atom is -0.490 e. The van der Waals surface area contributed by atoms with Crippen LogP contribution < -0.4 is 14.9 Å². The summed E-state index contributed by atoms with van der Waals surface area (Å²) >= 11 is 0. The molecule has 2 rings (SSSR count). The van der Waals surface area contributed by atoms with Crippen LogP contribution >= 0.6 is 0 Å². The molecule has 0 unspecified atom stereocenters. The lowest BCUT2D eigenvalue weighted by molar-refractivity contribution is 0.0951. The van der Waals surface area contributed by atoms with Gasteiger partial charge in [0.05, 0.1) is 30.0 Å². The average Bonchev–Trinajstić information content (AvgIpc) is 2.73. The highest BCUT2D eigenvalue weighted by atomic mass is 19.1. The number of rotatable bonds is 9. The molecule has 2 aromatic carbocycles. The van der Waals surface area contributed by atoms with Gasteiger partial charge in [0.1, 0.15) is 12.4 Å². The van der Waals surface area contributed by atoms with Crippen LogP contribution in [0.15, 0.2) is 48.1 Å². The maximum atomic E-state index is 13.9. The summed E-state index contributed by atoms with van der Waals surface area (Å²) in [6, 6.07) is 8.87. The molecule has 1 amide bonds. The zero-order valence-electron chi connectivity index (χ0n) is 16.4. The Balaban J connectivity index is 2.25. The molecule has 0 radical (unpaired) electrons. The number of terminal acetylenes is 1. The van der Waals surface area contributed by atoms with Crippen molar-refractivity contribution in [3.8, 4) is 29.9 Å². The number of hydrogen-bond acceptors (Lipinski definition) is 5. The number of hydrogen-bond donors (Lipinski definition) is 1. The average molecular weight is 405 g/mol. The highest BCUT2D eigenvalue weighted by molar-refractivity contribution is 5.95. The molecule has 0 bridgehead atoms. The number of amides is 1. The topological polar surface area (TPSA) is 83.7 Å². The summed E-state index contributed by atoms with van der Waals surface area (Å²) < 4.78 is 25.2. The molecule has 0 saturated heterocycles. The summed E-state index contributed by atoms with van der Waals surface area (Å²) in [7, 11) is 0. The van der Waals surface area contributed by atoms with Crippen LogP contribution in [0.4, 0.5) is 4.39 Å². The van der Waals surface area contributed by atoms with Gasteiger partial charge in [0.15, 0.2) is 11.5 Å². The number of nitrogens with one attached hydrogen (secondary N) is 1. The molecule has 1 N–H and O–H groups in total. The van der Waals surface area contributed by atoms with E-state index in [9.17, 15) is 9.18 Å². The van der Waals surface area contributed by atoms with Crippen molar-refractivity contribution in [2.24, 2.45) is 5.10 Å². The minimum absolute atomic E-state index is 0.0872. The zero-order valence-corrected chi connectivity index (χ0v) is 16.4. The second kappa shape index (κ2) is 11.0. The van der Waals surface area contributed by atoms with Crippen molar-refractivity contribution in [3.63, 3.8) is 0 Å². The summed E-state index contributed by atoms with van der Waals surface area (Å²) in [5.41, 5.74) is 3.59. The van der Waals surface area contributed by atoms with E-state index in [-0.39, 0.29) is 17.7 Å². The van der Waals surface area contributed by atoms with Crippen molar-refractivity contribution in [2.45, 2.75) is 13.3 Å². The van der Waals surface area contributed by atoms with E-state index in [4.69, 9.17) is 21.2 Å². The number of benzene rings is 2. The van der Waals surface area contributed by atoms with Crippen LogP contribution in [-0.4, -0.2) is 25.3 Å². The maximum absolute atomic E-state index is 13.9. The number of carbonyl (C=O) groups excluding carboxylic acids is 1. The van der Waals surface area contributed by atoms with Crippen molar-refractivity contribution in [1.82, 2.24) is 5.43 Å². The van der Waals surface area contributed by atoms with Gasteiger partial charge in [-0.15, -0.1) is 13.0 Å². The van der Waals surface area contributed by atoms with E-state index < -0.39 is 11.7 Å². The summed E-state index contributed by atoms with van der Waals surface area (Å²) in [5, 5.41) is 12.7. The number of ether oxygens (including phenoxy) is 2. The van der Waals surface area contributed by atoms with Crippen molar-refractivity contribution in [2.75, 3.05) is 13.2 Å². The molecule has 0 heterocycles. The number of halogens is 1. The van der Waals surface area contributed by atoms with Gasteiger partial charge in [0, 0.05) is 5.56 Å². The Bertz CT molecular complexity index is 1050. The van der Waals surface area contributed by atoms with Gasteiger partial charge >= 0.3 is 0 Å². The summed E-state index contributed by atoms with van der Waals surface area (Å²) in [4.78, 5) is 12.1. The Morgan fingerprint density at radius 3 is 2.80 bits per heavy atom. The van der Waals surface area contributed by atoms with E-state index in [0.717, 1.165) is 11.6 Å². The quantitative estimate of drug-likeness (QED) is 0.299. The van der Waals surface area contributed by atoms with Gasteiger partial charge in [-0.3, -0.25) is 4.79 Å². The van der Waals surface area contributed by atoms with Crippen LogP contribution in [0.2, 0.25) is 0 Å². The van der Waals surface area contributed by atoms with E-state index in [2.05, 4.69) is 23.0 Å². The number of nitrogens with zero attached hydrogens (tertiary/aromatic N) is 2. The van der Waals surface area contributed by atoms with E-state index in [1.165, 1.54) is 18.3 Å². The molecule has 0 saturated carbocycles. The molecular weight excluding hydrogens is 385 g/mol. The first-order valence-electron chi connectivity index (χ1n) is 9.03. The van der Waals surface area contributed by atoms with Gasteiger partial charge in [-0.05, 0) is 49.2 Å². The SMILES string of the molecule is C#CCOc1c(CC=C)cc(/C=N\NC(=O)c2ccc(C#N)cc2F)cc1OCC. The van der Waals surface area contributed by atoms with E-state index in [0.29, 0.717) is 30.1 Å². The second-order valence-corrected chi connectivity index (χ2v) is 5.93. The fraction of sp³-hybridized carbons (Fsp3) is 0.174. The van der Waals surface area contributed by atoms with Crippen molar-refractivity contribution >= 4 is 12.1 Å². The normalized spacial score (nSPS) is 10.1. The van der Waals surface area contributed by atoms with Gasteiger partial charge in [0.2, 0.25) is 0 Å². The predicted molar refractivity (Wildman–Crippen MR) is 112 cm³/mol. The van der Waals surface area contributed by atoms with Crippen molar-refractivity contribution in [1.29, 1.82) is 5.26 Å². The molecule has 0 aromatic heterocycles.